The molecule has 0 aliphatic carbocycles. The Morgan fingerprint density at radius 3 is 1.87 bits per heavy atom. The molecule has 0 radical (unpaired) electrons. The van der Waals surface area contributed by atoms with Crippen molar-refractivity contribution in [3.63, 3.8) is 0 Å². The van der Waals surface area contributed by atoms with Crippen LogP contribution in [0.4, 0.5) is 0 Å². The van der Waals surface area contributed by atoms with E-state index in [0.29, 0.717) is 0 Å². The minimum absolute atomic E-state index is 1.04. The van der Waals surface area contributed by atoms with Crippen molar-refractivity contribution in [2.24, 2.45) is 0 Å². The van der Waals surface area contributed by atoms with Gasteiger partial charge in [-0.1, -0.05) is 115 Å². The summed E-state index contributed by atoms with van der Waals surface area (Å²) in [5, 5.41) is 0. The fourth-order valence-corrected chi connectivity index (χ4v) is 3.43. The molecule has 0 atom stereocenters. The first-order chi connectivity index (χ1) is 14.5. The van der Waals surface area contributed by atoms with Crippen LogP contribution in [0.5, 0.6) is 0 Å². The van der Waals surface area contributed by atoms with Crippen LogP contribution in [-0.4, -0.2) is 0 Å². The summed E-state index contributed by atoms with van der Waals surface area (Å²) in [6.45, 7) is 10.9. The Labute approximate surface area is 182 Å². The van der Waals surface area contributed by atoms with Crippen LogP contribution in [0.2, 0.25) is 0 Å². The molecule has 3 aromatic carbocycles. The molecule has 0 aliphatic rings. The highest BCUT2D eigenvalue weighted by Gasteiger charge is 2.03. The summed E-state index contributed by atoms with van der Waals surface area (Å²) < 4.78 is 0. The molecular formula is C30H32. The summed E-state index contributed by atoms with van der Waals surface area (Å²) in [4.78, 5) is 0. The minimum Gasteiger partial charge on any atom is -0.0658 e. The van der Waals surface area contributed by atoms with Crippen molar-refractivity contribution in [2.45, 2.75) is 41.0 Å². The SMILES string of the molecule is CC/C(C)=C(\C=C/c1cc(C)ccc1C)c1ccc(/C=C/c2ccc(C)cc2)cc1. The lowest BCUT2D eigenvalue weighted by atomic mass is 9.96. The third-order valence-electron chi connectivity index (χ3n) is 5.62. The molecule has 0 bridgehead atoms. The second-order valence-electron chi connectivity index (χ2n) is 8.11. The molecule has 0 heterocycles. The van der Waals surface area contributed by atoms with Gasteiger partial charge in [0.2, 0.25) is 0 Å². The van der Waals surface area contributed by atoms with Crippen LogP contribution in [0.1, 0.15) is 59.2 Å². The molecule has 152 valence electrons. The van der Waals surface area contributed by atoms with Gasteiger partial charge in [-0.05, 0) is 67.5 Å². The van der Waals surface area contributed by atoms with Gasteiger partial charge in [-0.3, -0.25) is 0 Å². The van der Waals surface area contributed by atoms with Crippen LogP contribution in [0.3, 0.4) is 0 Å². The average molecular weight is 393 g/mol. The second-order valence-corrected chi connectivity index (χ2v) is 8.11. The summed E-state index contributed by atoms with van der Waals surface area (Å²) in [5.74, 6) is 0. The van der Waals surface area contributed by atoms with Crippen molar-refractivity contribution in [1.29, 1.82) is 0 Å². The molecule has 30 heavy (non-hydrogen) atoms. The first kappa shape index (κ1) is 21.6. The van der Waals surface area contributed by atoms with Gasteiger partial charge in [0.15, 0.2) is 0 Å². The van der Waals surface area contributed by atoms with Crippen molar-refractivity contribution >= 4 is 23.8 Å². The number of allylic oxidation sites excluding steroid dienone is 3. The highest BCUT2D eigenvalue weighted by molar-refractivity contribution is 5.82. The van der Waals surface area contributed by atoms with E-state index in [1.54, 1.807) is 0 Å². The highest BCUT2D eigenvalue weighted by atomic mass is 14.1. The average Bonchev–Trinajstić information content (AvgIpc) is 2.76. The molecule has 0 saturated heterocycles. The summed E-state index contributed by atoms with van der Waals surface area (Å²) in [6.07, 6.45) is 9.92. The van der Waals surface area contributed by atoms with E-state index in [9.17, 15) is 0 Å². The van der Waals surface area contributed by atoms with Crippen LogP contribution < -0.4 is 0 Å². The molecule has 0 N–H and O–H groups in total. The van der Waals surface area contributed by atoms with Gasteiger partial charge >= 0.3 is 0 Å². The van der Waals surface area contributed by atoms with Gasteiger partial charge in [0.25, 0.3) is 0 Å². The van der Waals surface area contributed by atoms with E-state index in [2.05, 4.69) is 126 Å². The molecule has 0 amide bonds. The van der Waals surface area contributed by atoms with Crippen LogP contribution in [0.15, 0.2) is 78.4 Å². The molecule has 3 rings (SSSR count). The van der Waals surface area contributed by atoms with Crippen LogP contribution in [0.25, 0.3) is 23.8 Å². The summed E-state index contributed by atoms with van der Waals surface area (Å²) in [7, 11) is 0. The Bertz CT molecular complexity index is 1070. The summed E-state index contributed by atoms with van der Waals surface area (Å²) >= 11 is 0. The molecule has 0 fully saturated rings. The van der Waals surface area contributed by atoms with Crippen molar-refractivity contribution in [3.8, 4) is 0 Å². The Morgan fingerprint density at radius 1 is 0.700 bits per heavy atom. The number of benzene rings is 3. The molecule has 0 heteroatoms. The lowest BCUT2D eigenvalue weighted by molar-refractivity contribution is 1.10. The Kier molecular flexibility index (Phi) is 7.25. The van der Waals surface area contributed by atoms with E-state index in [1.807, 2.05) is 0 Å². The number of rotatable bonds is 6. The molecule has 0 aromatic heterocycles. The summed E-state index contributed by atoms with van der Waals surface area (Å²) in [6, 6.07) is 24.1. The summed E-state index contributed by atoms with van der Waals surface area (Å²) in [5.41, 5.74) is 11.6. The normalized spacial score (nSPS) is 12.6. The van der Waals surface area contributed by atoms with Crippen LogP contribution >= 0.6 is 0 Å². The van der Waals surface area contributed by atoms with Crippen LogP contribution in [-0.2, 0) is 0 Å². The maximum atomic E-state index is 2.28. The van der Waals surface area contributed by atoms with Crippen molar-refractivity contribution in [3.05, 3.63) is 117 Å². The zero-order valence-corrected chi connectivity index (χ0v) is 18.9. The van der Waals surface area contributed by atoms with Gasteiger partial charge in [0.05, 0.1) is 0 Å². The lowest BCUT2D eigenvalue weighted by Crippen LogP contribution is -1.88. The standard InChI is InChI=1S/C30H32/c1-6-24(4)30(20-19-29-21-23(3)7-10-25(29)5)28-17-15-27(16-18-28)14-13-26-11-8-22(2)9-12-26/h7-21H,6H2,1-5H3/b14-13+,20-19-,30-24+. The third kappa shape index (κ3) is 5.70. The molecular weight excluding hydrogens is 360 g/mol. The smallest absolute Gasteiger partial charge is 0.0184 e. The van der Waals surface area contributed by atoms with Gasteiger partial charge in [-0.25, -0.2) is 0 Å². The molecule has 0 nitrogen and oxygen atoms in total. The first-order valence-corrected chi connectivity index (χ1v) is 10.8. The van der Waals surface area contributed by atoms with E-state index < -0.39 is 0 Å². The first-order valence-electron chi connectivity index (χ1n) is 10.8. The quantitative estimate of drug-likeness (QED) is 0.291. The van der Waals surface area contributed by atoms with E-state index in [4.69, 9.17) is 0 Å². The zero-order chi connectivity index (χ0) is 21.5. The molecule has 3 aromatic rings. The minimum atomic E-state index is 1.04. The fourth-order valence-electron chi connectivity index (χ4n) is 3.43. The second kappa shape index (κ2) is 10.1. The maximum absolute atomic E-state index is 2.28. The number of aryl methyl sites for hydroxylation is 3. The van der Waals surface area contributed by atoms with Gasteiger partial charge in [0, 0.05) is 0 Å². The lowest BCUT2D eigenvalue weighted by Gasteiger charge is -2.09. The molecule has 0 saturated carbocycles. The van der Waals surface area contributed by atoms with E-state index in [1.165, 1.54) is 50.1 Å². The van der Waals surface area contributed by atoms with Crippen molar-refractivity contribution < 1.29 is 0 Å². The van der Waals surface area contributed by atoms with E-state index >= 15 is 0 Å². The number of hydrogen-bond donors (Lipinski definition) is 0. The van der Waals surface area contributed by atoms with E-state index in [0.717, 1.165) is 6.42 Å². The largest absolute Gasteiger partial charge is 0.0658 e. The molecule has 0 spiro atoms. The highest BCUT2D eigenvalue weighted by Crippen LogP contribution is 2.25. The molecule has 0 aliphatic heterocycles. The zero-order valence-electron chi connectivity index (χ0n) is 18.9. The van der Waals surface area contributed by atoms with Crippen molar-refractivity contribution in [2.75, 3.05) is 0 Å². The molecule has 0 unspecified atom stereocenters. The number of hydrogen-bond acceptors (Lipinski definition) is 0. The Balaban J connectivity index is 1.84. The van der Waals surface area contributed by atoms with Gasteiger partial charge in [0.1, 0.15) is 0 Å². The topological polar surface area (TPSA) is 0 Å². The van der Waals surface area contributed by atoms with Gasteiger partial charge in [-0.15, -0.1) is 0 Å². The van der Waals surface area contributed by atoms with Gasteiger partial charge in [-0.2, -0.15) is 0 Å². The predicted octanol–water partition coefficient (Wildman–Crippen LogP) is 8.68. The van der Waals surface area contributed by atoms with E-state index in [-0.39, 0.29) is 0 Å². The van der Waals surface area contributed by atoms with Crippen LogP contribution in [0, 0.1) is 20.8 Å². The maximum Gasteiger partial charge on any atom is -0.0184 e. The van der Waals surface area contributed by atoms with Gasteiger partial charge < -0.3 is 0 Å². The van der Waals surface area contributed by atoms with Crippen molar-refractivity contribution in [1.82, 2.24) is 0 Å². The predicted molar refractivity (Wildman–Crippen MR) is 134 cm³/mol. The monoisotopic (exact) mass is 392 g/mol. The Morgan fingerprint density at radius 2 is 1.27 bits per heavy atom. The Hall–Kier alpha value is -3.12. The fraction of sp³-hybridized carbons (Fsp3) is 0.200. The third-order valence-corrected chi connectivity index (χ3v) is 5.62.